The van der Waals surface area contributed by atoms with Crippen molar-refractivity contribution < 1.29 is 0 Å². The van der Waals surface area contributed by atoms with Gasteiger partial charge in [0.25, 0.3) is 0 Å². The van der Waals surface area contributed by atoms with E-state index in [9.17, 15) is 0 Å². The third-order valence-electron chi connectivity index (χ3n) is 4.51. The second-order valence-corrected chi connectivity index (χ2v) is 5.64. The van der Waals surface area contributed by atoms with Crippen LogP contribution >= 0.6 is 0 Å². The summed E-state index contributed by atoms with van der Waals surface area (Å²) in [6.45, 7) is 8.96. The van der Waals surface area contributed by atoms with Gasteiger partial charge in [-0.3, -0.25) is 0 Å². The van der Waals surface area contributed by atoms with Gasteiger partial charge in [0.05, 0.1) is 0 Å². The van der Waals surface area contributed by atoms with E-state index in [1.54, 1.807) is 0 Å². The molecule has 0 amide bonds. The fourth-order valence-corrected chi connectivity index (χ4v) is 3.17. The second kappa shape index (κ2) is 4.43. The highest BCUT2D eigenvalue weighted by atomic mass is 14.9. The highest BCUT2D eigenvalue weighted by Crippen LogP contribution is 2.32. The molecular formula is C16H22N2. The van der Waals surface area contributed by atoms with Crippen LogP contribution in [0.15, 0.2) is 12.1 Å². The van der Waals surface area contributed by atoms with Gasteiger partial charge in [-0.05, 0) is 56.8 Å². The number of rotatable bonds is 1. The lowest BCUT2D eigenvalue weighted by Crippen LogP contribution is -2.28. The van der Waals surface area contributed by atoms with Crippen LogP contribution in [0, 0.1) is 20.8 Å². The van der Waals surface area contributed by atoms with Crippen LogP contribution in [-0.2, 0) is 0 Å². The van der Waals surface area contributed by atoms with E-state index in [2.05, 4.69) is 43.2 Å². The Hall–Kier alpha value is -1.28. The van der Waals surface area contributed by atoms with Crippen molar-refractivity contribution in [3.63, 3.8) is 0 Å². The van der Waals surface area contributed by atoms with Crippen LogP contribution in [0.3, 0.4) is 0 Å². The zero-order valence-electron chi connectivity index (χ0n) is 11.6. The van der Waals surface area contributed by atoms with Crippen molar-refractivity contribution in [1.82, 2.24) is 10.3 Å². The van der Waals surface area contributed by atoms with Gasteiger partial charge in [0, 0.05) is 29.1 Å². The maximum atomic E-state index is 3.70. The third kappa shape index (κ3) is 1.76. The van der Waals surface area contributed by atoms with Gasteiger partial charge >= 0.3 is 0 Å². The predicted molar refractivity (Wildman–Crippen MR) is 77.4 cm³/mol. The Kier molecular flexibility index (Phi) is 2.90. The summed E-state index contributed by atoms with van der Waals surface area (Å²) in [5.41, 5.74) is 7.00. The SMILES string of the molecule is Cc1ccc2c(C)c(C3CCCNC3)[nH]c2c1C. The van der Waals surface area contributed by atoms with Gasteiger partial charge in [0.1, 0.15) is 0 Å². The molecule has 0 spiro atoms. The van der Waals surface area contributed by atoms with E-state index in [-0.39, 0.29) is 0 Å². The van der Waals surface area contributed by atoms with Gasteiger partial charge in [0.2, 0.25) is 0 Å². The number of hydrogen-bond donors (Lipinski definition) is 2. The molecule has 1 unspecified atom stereocenters. The fraction of sp³-hybridized carbons (Fsp3) is 0.500. The average molecular weight is 242 g/mol. The van der Waals surface area contributed by atoms with E-state index in [1.165, 1.54) is 52.7 Å². The molecule has 0 bridgehead atoms. The van der Waals surface area contributed by atoms with E-state index in [0.717, 1.165) is 6.54 Å². The van der Waals surface area contributed by atoms with E-state index in [0.29, 0.717) is 5.92 Å². The Morgan fingerprint density at radius 2 is 1.94 bits per heavy atom. The minimum atomic E-state index is 0.658. The van der Waals surface area contributed by atoms with Crippen LogP contribution in [0.5, 0.6) is 0 Å². The molecule has 2 heterocycles. The monoisotopic (exact) mass is 242 g/mol. The molecule has 2 nitrogen and oxygen atoms in total. The summed E-state index contributed by atoms with van der Waals surface area (Å²) in [5, 5.41) is 4.91. The molecule has 1 saturated heterocycles. The Bertz CT molecular complexity index is 574. The Morgan fingerprint density at radius 3 is 2.67 bits per heavy atom. The highest BCUT2D eigenvalue weighted by molar-refractivity contribution is 5.88. The largest absolute Gasteiger partial charge is 0.358 e. The molecule has 18 heavy (non-hydrogen) atoms. The number of benzene rings is 1. The summed E-state index contributed by atoms with van der Waals surface area (Å²) in [5.74, 6) is 0.658. The van der Waals surface area contributed by atoms with Crippen molar-refractivity contribution in [2.75, 3.05) is 13.1 Å². The number of aromatic amines is 1. The van der Waals surface area contributed by atoms with Crippen molar-refractivity contribution in [2.24, 2.45) is 0 Å². The summed E-state index contributed by atoms with van der Waals surface area (Å²) >= 11 is 0. The summed E-state index contributed by atoms with van der Waals surface area (Å²) in [6, 6.07) is 4.50. The number of nitrogens with one attached hydrogen (secondary N) is 2. The van der Waals surface area contributed by atoms with Crippen molar-refractivity contribution >= 4 is 10.9 Å². The minimum absolute atomic E-state index is 0.658. The maximum Gasteiger partial charge on any atom is 0.0491 e. The molecule has 0 aliphatic carbocycles. The topological polar surface area (TPSA) is 27.8 Å². The first kappa shape index (κ1) is 11.8. The van der Waals surface area contributed by atoms with Crippen LogP contribution in [0.2, 0.25) is 0 Å². The quantitative estimate of drug-likeness (QED) is 0.786. The number of aryl methyl sites for hydroxylation is 3. The summed E-state index contributed by atoms with van der Waals surface area (Å²) in [4.78, 5) is 3.70. The molecule has 1 fully saturated rings. The molecule has 2 N–H and O–H groups in total. The smallest absolute Gasteiger partial charge is 0.0491 e. The average Bonchev–Trinajstić information content (AvgIpc) is 2.73. The molecule has 0 radical (unpaired) electrons. The Labute approximate surface area is 109 Å². The van der Waals surface area contributed by atoms with Gasteiger partial charge < -0.3 is 10.3 Å². The molecular weight excluding hydrogens is 220 g/mol. The first-order chi connectivity index (χ1) is 8.68. The van der Waals surface area contributed by atoms with Crippen LogP contribution in [0.4, 0.5) is 0 Å². The number of fused-ring (bicyclic) bond motifs is 1. The van der Waals surface area contributed by atoms with Crippen LogP contribution in [0.1, 0.15) is 41.1 Å². The number of hydrogen-bond acceptors (Lipinski definition) is 1. The fourth-order valence-electron chi connectivity index (χ4n) is 3.17. The third-order valence-corrected chi connectivity index (χ3v) is 4.51. The number of aromatic nitrogens is 1. The van der Waals surface area contributed by atoms with Crippen LogP contribution < -0.4 is 5.32 Å². The first-order valence-corrected chi connectivity index (χ1v) is 6.97. The van der Waals surface area contributed by atoms with Gasteiger partial charge in [-0.25, -0.2) is 0 Å². The summed E-state index contributed by atoms with van der Waals surface area (Å²) < 4.78 is 0. The predicted octanol–water partition coefficient (Wildman–Crippen LogP) is 3.56. The van der Waals surface area contributed by atoms with Crippen molar-refractivity contribution in [2.45, 2.75) is 39.5 Å². The minimum Gasteiger partial charge on any atom is -0.358 e. The molecule has 1 aromatic heterocycles. The Balaban J connectivity index is 2.13. The van der Waals surface area contributed by atoms with E-state index in [1.807, 2.05) is 0 Å². The molecule has 96 valence electrons. The summed E-state index contributed by atoms with van der Waals surface area (Å²) in [7, 11) is 0. The van der Waals surface area contributed by atoms with Crippen LogP contribution in [0.25, 0.3) is 10.9 Å². The van der Waals surface area contributed by atoms with Gasteiger partial charge in [0.15, 0.2) is 0 Å². The van der Waals surface area contributed by atoms with E-state index >= 15 is 0 Å². The van der Waals surface area contributed by atoms with Crippen molar-refractivity contribution in [1.29, 1.82) is 0 Å². The molecule has 1 aromatic carbocycles. The molecule has 1 aliphatic heterocycles. The number of piperidine rings is 1. The molecule has 2 heteroatoms. The van der Waals surface area contributed by atoms with Crippen LogP contribution in [-0.4, -0.2) is 18.1 Å². The second-order valence-electron chi connectivity index (χ2n) is 5.64. The lowest BCUT2D eigenvalue weighted by molar-refractivity contribution is 0.455. The molecule has 1 atom stereocenters. The molecule has 0 saturated carbocycles. The van der Waals surface area contributed by atoms with E-state index in [4.69, 9.17) is 0 Å². The summed E-state index contributed by atoms with van der Waals surface area (Å²) in [6.07, 6.45) is 2.59. The van der Waals surface area contributed by atoms with Gasteiger partial charge in [-0.2, -0.15) is 0 Å². The van der Waals surface area contributed by atoms with Crippen molar-refractivity contribution in [3.8, 4) is 0 Å². The molecule has 1 aliphatic rings. The lowest BCUT2D eigenvalue weighted by atomic mass is 9.93. The highest BCUT2D eigenvalue weighted by Gasteiger charge is 2.20. The number of H-pyrrole nitrogens is 1. The maximum absolute atomic E-state index is 3.70. The standard InChI is InChI=1S/C16H22N2/c1-10-6-7-14-12(3)15(18-16(14)11(10)2)13-5-4-8-17-9-13/h6-7,13,17-18H,4-5,8-9H2,1-3H3. The Morgan fingerprint density at radius 1 is 1.11 bits per heavy atom. The van der Waals surface area contributed by atoms with Gasteiger partial charge in [-0.15, -0.1) is 0 Å². The molecule has 2 aromatic rings. The molecule has 3 rings (SSSR count). The van der Waals surface area contributed by atoms with E-state index < -0.39 is 0 Å². The van der Waals surface area contributed by atoms with Gasteiger partial charge in [-0.1, -0.05) is 12.1 Å². The first-order valence-electron chi connectivity index (χ1n) is 6.97. The zero-order chi connectivity index (χ0) is 12.7. The van der Waals surface area contributed by atoms with Crippen molar-refractivity contribution in [3.05, 3.63) is 34.5 Å². The zero-order valence-corrected chi connectivity index (χ0v) is 11.6. The normalized spacial score (nSPS) is 20.5. The lowest BCUT2D eigenvalue weighted by Gasteiger charge is -2.22.